The Hall–Kier alpha value is -2.30. The number of aryl methyl sites for hydroxylation is 2. The van der Waals surface area contributed by atoms with Crippen LogP contribution in [0.15, 0.2) is 48.5 Å². The van der Waals surface area contributed by atoms with Gasteiger partial charge in [-0.3, -0.25) is 0 Å². The smallest absolute Gasteiger partial charge is 0.153 e. The molecule has 118 valence electrons. The van der Waals surface area contributed by atoms with Crippen LogP contribution in [0.4, 0.5) is 0 Å². The second kappa shape index (κ2) is 6.30. The lowest BCUT2D eigenvalue weighted by Gasteiger charge is -2.08. The van der Waals surface area contributed by atoms with E-state index in [-0.39, 0.29) is 0 Å². The number of hydrogen-bond donors (Lipinski definition) is 0. The molecule has 2 aromatic carbocycles. The quantitative estimate of drug-likeness (QED) is 0.536. The minimum atomic E-state index is 0.422. The van der Waals surface area contributed by atoms with E-state index in [1.54, 1.807) is 0 Å². The van der Waals surface area contributed by atoms with Crippen LogP contribution >= 0.6 is 23.2 Å². The summed E-state index contributed by atoms with van der Waals surface area (Å²) in [6.45, 7) is 0. The predicted molar refractivity (Wildman–Crippen MR) is 96.5 cm³/mol. The molecule has 0 fully saturated rings. The van der Waals surface area contributed by atoms with E-state index >= 15 is 0 Å². The maximum absolute atomic E-state index is 6.13. The summed E-state index contributed by atoms with van der Waals surface area (Å²) < 4.78 is 0. The standard InChI is InChI=1S/C18H12Cl2N4/c19-17-13-7-3-1-5-11(13)15(21-23-17)9-10-16-12-6-2-4-8-14(12)18(20)24-22-16/h1-8H,9-10H2. The number of benzene rings is 2. The maximum atomic E-state index is 6.13. The fourth-order valence-electron chi connectivity index (χ4n) is 2.86. The molecule has 4 rings (SSSR count). The van der Waals surface area contributed by atoms with Gasteiger partial charge in [-0.2, -0.15) is 10.2 Å². The fourth-order valence-corrected chi connectivity index (χ4v) is 3.26. The second-order valence-corrected chi connectivity index (χ2v) is 6.18. The van der Waals surface area contributed by atoms with Crippen molar-refractivity contribution in [2.45, 2.75) is 12.8 Å². The zero-order valence-corrected chi connectivity index (χ0v) is 14.1. The predicted octanol–water partition coefficient (Wildman–Crippen LogP) is 4.67. The highest BCUT2D eigenvalue weighted by Gasteiger charge is 2.11. The zero-order chi connectivity index (χ0) is 16.5. The number of rotatable bonds is 3. The van der Waals surface area contributed by atoms with Crippen LogP contribution in [0.1, 0.15) is 11.4 Å². The van der Waals surface area contributed by atoms with Crippen LogP contribution in [0.3, 0.4) is 0 Å². The highest BCUT2D eigenvalue weighted by atomic mass is 35.5. The molecular formula is C18H12Cl2N4. The Kier molecular flexibility index (Phi) is 4.00. The first-order valence-electron chi connectivity index (χ1n) is 7.53. The van der Waals surface area contributed by atoms with Crippen molar-refractivity contribution in [3.63, 3.8) is 0 Å². The molecule has 0 spiro atoms. The first-order chi connectivity index (χ1) is 11.7. The average Bonchev–Trinajstić information content (AvgIpc) is 2.63. The van der Waals surface area contributed by atoms with Crippen molar-refractivity contribution in [3.8, 4) is 0 Å². The summed E-state index contributed by atoms with van der Waals surface area (Å²) in [6.07, 6.45) is 1.40. The Morgan fingerprint density at radius 2 is 0.917 bits per heavy atom. The molecule has 4 nitrogen and oxygen atoms in total. The molecule has 24 heavy (non-hydrogen) atoms. The minimum absolute atomic E-state index is 0.422. The Bertz CT molecular complexity index is 964. The summed E-state index contributed by atoms with van der Waals surface area (Å²) >= 11 is 12.3. The van der Waals surface area contributed by atoms with Gasteiger partial charge in [0, 0.05) is 21.5 Å². The first-order valence-corrected chi connectivity index (χ1v) is 8.29. The van der Waals surface area contributed by atoms with Gasteiger partial charge in [-0.1, -0.05) is 71.7 Å². The van der Waals surface area contributed by atoms with Crippen molar-refractivity contribution < 1.29 is 0 Å². The third kappa shape index (κ3) is 2.68. The fraction of sp³-hybridized carbons (Fsp3) is 0.111. The van der Waals surface area contributed by atoms with Crippen molar-refractivity contribution >= 4 is 44.7 Å². The number of aromatic nitrogens is 4. The molecule has 0 aliphatic rings. The van der Waals surface area contributed by atoms with E-state index in [2.05, 4.69) is 20.4 Å². The highest BCUT2D eigenvalue weighted by Crippen LogP contribution is 2.26. The molecule has 0 saturated carbocycles. The molecule has 0 aliphatic carbocycles. The molecular weight excluding hydrogens is 343 g/mol. The zero-order valence-electron chi connectivity index (χ0n) is 12.6. The molecule has 0 amide bonds. The van der Waals surface area contributed by atoms with E-state index in [0.29, 0.717) is 23.1 Å². The molecule has 0 N–H and O–H groups in total. The Morgan fingerprint density at radius 3 is 1.33 bits per heavy atom. The highest BCUT2D eigenvalue weighted by molar-refractivity contribution is 6.34. The average molecular weight is 355 g/mol. The summed E-state index contributed by atoms with van der Waals surface area (Å²) in [4.78, 5) is 0. The normalized spacial score (nSPS) is 11.2. The summed E-state index contributed by atoms with van der Waals surface area (Å²) in [5.41, 5.74) is 1.80. The molecule has 2 aromatic heterocycles. The Morgan fingerprint density at radius 1 is 0.542 bits per heavy atom. The lowest BCUT2D eigenvalue weighted by molar-refractivity contribution is 0.835. The van der Waals surface area contributed by atoms with E-state index in [4.69, 9.17) is 23.2 Å². The van der Waals surface area contributed by atoms with Crippen LogP contribution < -0.4 is 0 Å². The van der Waals surface area contributed by atoms with Crippen LogP contribution in [-0.4, -0.2) is 20.4 Å². The van der Waals surface area contributed by atoms with Gasteiger partial charge in [0.1, 0.15) is 0 Å². The summed E-state index contributed by atoms with van der Waals surface area (Å²) in [7, 11) is 0. The molecule has 4 aromatic rings. The van der Waals surface area contributed by atoms with Gasteiger partial charge in [-0.05, 0) is 12.8 Å². The van der Waals surface area contributed by atoms with E-state index in [1.807, 2.05) is 48.5 Å². The van der Waals surface area contributed by atoms with Gasteiger partial charge in [0.25, 0.3) is 0 Å². The maximum Gasteiger partial charge on any atom is 0.159 e. The minimum Gasteiger partial charge on any atom is -0.153 e. The number of hydrogen-bond acceptors (Lipinski definition) is 4. The lowest BCUT2D eigenvalue weighted by Crippen LogP contribution is -2.02. The topological polar surface area (TPSA) is 51.6 Å². The van der Waals surface area contributed by atoms with Gasteiger partial charge in [0.15, 0.2) is 10.3 Å². The van der Waals surface area contributed by atoms with Crippen LogP contribution in [0.2, 0.25) is 10.3 Å². The monoisotopic (exact) mass is 354 g/mol. The second-order valence-electron chi connectivity index (χ2n) is 5.47. The van der Waals surface area contributed by atoms with E-state index < -0.39 is 0 Å². The Labute approximate surface area is 148 Å². The number of halogens is 2. The van der Waals surface area contributed by atoms with Crippen LogP contribution in [0, 0.1) is 0 Å². The van der Waals surface area contributed by atoms with E-state index in [1.165, 1.54) is 0 Å². The molecule has 0 aliphatic heterocycles. The van der Waals surface area contributed by atoms with Crippen LogP contribution in [-0.2, 0) is 12.8 Å². The number of fused-ring (bicyclic) bond motifs is 2. The SMILES string of the molecule is Clc1nnc(CCc2nnc(Cl)c3ccccc23)c2ccccc12. The summed E-state index contributed by atoms with van der Waals surface area (Å²) in [5.74, 6) is 0. The van der Waals surface area contributed by atoms with Gasteiger partial charge < -0.3 is 0 Å². The third-order valence-electron chi connectivity index (χ3n) is 4.04. The van der Waals surface area contributed by atoms with Gasteiger partial charge in [-0.15, -0.1) is 10.2 Å². The van der Waals surface area contributed by atoms with Crippen molar-refractivity contribution in [2.24, 2.45) is 0 Å². The van der Waals surface area contributed by atoms with Gasteiger partial charge in [-0.25, -0.2) is 0 Å². The molecule has 2 heterocycles. The summed E-state index contributed by atoms with van der Waals surface area (Å²) in [6, 6.07) is 15.8. The van der Waals surface area contributed by atoms with Crippen molar-refractivity contribution in [1.29, 1.82) is 0 Å². The van der Waals surface area contributed by atoms with E-state index in [9.17, 15) is 0 Å². The van der Waals surface area contributed by atoms with Crippen molar-refractivity contribution in [2.75, 3.05) is 0 Å². The Balaban J connectivity index is 1.72. The van der Waals surface area contributed by atoms with Crippen LogP contribution in [0.5, 0.6) is 0 Å². The molecule has 0 bridgehead atoms. The molecule has 6 heteroatoms. The lowest BCUT2D eigenvalue weighted by atomic mass is 10.0. The first kappa shape index (κ1) is 15.2. The third-order valence-corrected chi connectivity index (χ3v) is 4.59. The molecule has 0 atom stereocenters. The van der Waals surface area contributed by atoms with Crippen LogP contribution in [0.25, 0.3) is 21.5 Å². The van der Waals surface area contributed by atoms with Gasteiger partial charge in [0.2, 0.25) is 0 Å². The van der Waals surface area contributed by atoms with Gasteiger partial charge >= 0.3 is 0 Å². The molecule has 0 saturated heterocycles. The summed E-state index contributed by atoms with van der Waals surface area (Å²) in [5, 5.41) is 21.3. The van der Waals surface area contributed by atoms with Gasteiger partial charge in [0.05, 0.1) is 11.4 Å². The van der Waals surface area contributed by atoms with E-state index in [0.717, 1.165) is 32.9 Å². The molecule has 0 unspecified atom stereocenters. The van der Waals surface area contributed by atoms with Crippen molar-refractivity contribution in [1.82, 2.24) is 20.4 Å². The largest absolute Gasteiger partial charge is 0.159 e. The molecule has 0 radical (unpaired) electrons. The number of nitrogens with zero attached hydrogens (tertiary/aromatic N) is 4. The van der Waals surface area contributed by atoms with Crippen molar-refractivity contribution in [3.05, 3.63) is 70.2 Å².